The second-order valence-electron chi connectivity index (χ2n) is 4.38. The summed E-state index contributed by atoms with van der Waals surface area (Å²) in [5.41, 5.74) is 1.02. The van der Waals surface area contributed by atoms with E-state index in [2.05, 4.69) is 11.4 Å². The third kappa shape index (κ3) is 2.03. The number of piperidine rings is 1. The van der Waals surface area contributed by atoms with Crippen LogP contribution in [0.25, 0.3) is 10.2 Å². The van der Waals surface area contributed by atoms with Crippen molar-refractivity contribution >= 4 is 21.6 Å². The van der Waals surface area contributed by atoms with Gasteiger partial charge < -0.3 is 10.1 Å². The maximum Gasteiger partial charge on any atom is 0.145 e. The second-order valence-corrected chi connectivity index (χ2v) is 5.45. The van der Waals surface area contributed by atoms with Gasteiger partial charge in [0, 0.05) is 5.92 Å². The van der Waals surface area contributed by atoms with E-state index in [0.29, 0.717) is 5.92 Å². The predicted octanol–water partition coefficient (Wildman–Crippen LogP) is 2.77. The van der Waals surface area contributed by atoms with Crippen LogP contribution in [0.5, 0.6) is 5.75 Å². The maximum atomic E-state index is 5.36. The van der Waals surface area contributed by atoms with Crippen molar-refractivity contribution in [3.05, 3.63) is 23.2 Å². The topological polar surface area (TPSA) is 34.1 Å². The lowest BCUT2D eigenvalue weighted by Gasteiger charge is -2.20. The first-order chi connectivity index (χ1) is 8.38. The molecule has 0 aliphatic carbocycles. The number of ether oxygens (including phenoxy) is 1. The molecular weight excluding hydrogens is 232 g/mol. The summed E-state index contributed by atoms with van der Waals surface area (Å²) in [7, 11) is 1.71. The third-order valence-corrected chi connectivity index (χ3v) is 4.49. The van der Waals surface area contributed by atoms with E-state index < -0.39 is 0 Å². The number of rotatable bonds is 2. The molecule has 0 amide bonds. The van der Waals surface area contributed by atoms with E-state index in [1.165, 1.54) is 22.5 Å². The van der Waals surface area contributed by atoms with Gasteiger partial charge in [-0.05, 0) is 38.1 Å². The molecule has 1 aliphatic heterocycles. The average molecular weight is 248 g/mol. The fraction of sp³-hybridized carbons (Fsp3) is 0.462. The van der Waals surface area contributed by atoms with Gasteiger partial charge >= 0.3 is 0 Å². The molecule has 1 fully saturated rings. The van der Waals surface area contributed by atoms with Crippen molar-refractivity contribution in [2.24, 2.45) is 0 Å². The highest BCUT2D eigenvalue weighted by Crippen LogP contribution is 2.35. The van der Waals surface area contributed by atoms with Crippen LogP contribution >= 0.6 is 11.3 Å². The smallest absolute Gasteiger partial charge is 0.145 e. The third-order valence-electron chi connectivity index (χ3n) is 3.31. The molecule has 0 saturated carbocycles. The lowest BCUT2D eigenvalue weighted by atomic mass is 9.99. The molecule has 3 nitrogen and oxygen atoms in total. The Morgan fingerprint density at radius 1 is 1.35 bits per heavy atom. The molecule has 1 aromatic heterocycles. The fourth-order valence-electron chi connectivity index (χ4n) is 2.35. The summed E-state index contributed by atoms with van der Waals surface area (Å²) in [5.74, 6) is 1.51. The quantitative estimate of drug-likeness (QED) is 0.887. The Balaban J connectivity index is 2.00. The van der Waals surface area contributed by atoms with Crippen molar-refractivity contribution in [1.29, 1.82) is 0 Å². The number of aromatic nitrogens is 1. The zero-order valence-corrected chi connectivity index (χ0v) is 10.7. The van der Waals surface area contributed by atoms with Gasteiger partial charge in [0.05, 0.1) is 16.8 Å². The Labute approximate surface area is 105 Å². The Morgan fingerprint density at radius 2 is 2.18 bits per heavy atom. The van der Waals surface area contributed by atoms with E-state index in [-0.39, 0.29) is 0 Å². The molecule has 0 spiro atoms. The van der Waals surface area contributed by atoms with Crippen molar-refractivity contribution in [3.8, 4) is 5.75 Å². The van der Waals surface area contributed by atoms with Gasteiger partial charge in [-0.15, -0.1) is 11.3 Å². The van der Waals surface area contributed by atoms with E-state index in [1.807, 2.05) is 23.5 Å². The van der Waals surface area contributed by atoms with Crippen LogP contribution in [0.15, 0.2) is 18.2 Å². The highest BCUT2D eigenvalue weighted by atomic mass is 32.1. The lowest BCUT2D eigenvalue weighted by Crippen LogP contribution is -2.26. The van der Waals surface area contributed by atoms with Crippen LogP contribution in [-0.4, -0.2) is 25.2 Å². The molecule has 0 unspecified atom stereocenters. The van der Waals surface area contributed by atoms with Gasteiger partial charge in [0.25, 0.3) is 0 Å². The minimum Gasteiger partial charge on any atom is -0.494 e. The number of para-hydroxylation sites is 1. The van der Waals surface area contributed by atoms with Crippen LogP contribution in [0.4, 0.5) is 0 Å². The first-order valence-corrected chi connectivity index (χ1v) is 6.84. The highest BCUT2D eigenvalue weighted by molar-refractivity contribution is 7.18. The number of nitrogens with zero attached hydrogens (tertiary/aromatic N) is 1. The van der Waals surface area contributed by atoms with Crippen molar-refractivity contribution in [3.63, 3.8) is 0 Å². The summed E-state index contributed by atoms with van der Waals surface area (Å²) in [4.78, 5) is 4.77. The second kappa shape index (κ2) is 4.63. The first-order valence-electron chi connectivity index (χ1n) is 6.02. The Bertz CT molecular complexity index is 517. The van der Waals surface area contributed by atoms with E-state index >= 15 is 0 Å². The van der Waals surface area contributed by atoms with E-state index in [4.69, 9.17) is 9.72 Å². The van der Waals surface area contributed by atoms with Gasteiger partial charge in [0.1, 0.15) is 11.3 Å². The van der Waals surface area contributed by atoms with Gasteiger partial charge in [-0.3, -0.25) is 0 Å². The lowest BCUT2D eigenvalue weighted by molar-refractivity contribution is 0.418. The van der Waals surface area contributed by atoms with Gasteiger partial charge in [-0.25, -0.2) is 4.98 Å². The fourth-order valence-corrected chi connectivity index (χ4v) is 3.50. The Morgan fingerprint density at radius 3 is 2.94 bits per heavy atom. The number of thiazole rings is 1. The molecule has 1 saturated heterocycles. The molecule has 0 bridgehead atoms. The van der Waals surface area contributed by atoms with Gasteiger partial charge in [-0.1, -0.05) is 6.07 Å². The molecular formula is C13H16N2OS. The number of benzene rings is 1. The average Bonchev–Trinajstić information content (AvgIpc) is 2.83. The summed E-state index contributed by atoms with van der Waals surface area (Å²) in [6, 6.07) is 6.14. The molecule has 3 rings (SSSR count). The SMILES string of the molecule is COc1cccc2sc(C3CCNCC3)nc12. The molecule has 1 aromatic carbocycles. The van der Waals surface area contributed by atoms with E-state index in [0.717, 1.165) is 24.4 Å². The number of methoxy groups -OCH3 is 1. The number of hydrogen-bond acceptors (Lipinski definition) is 4. The zero-order valence-electron chi connectivity index (χ0n) is 9.90. The summed E-state index contributed by atoms with van der Waals surface area (Å²) in [6.07, 6.45) is 2.39. The van der Waals surface area contributed by atoms with Crippen LogP contribution in [0.2, 0.25) is 0 Å². The van der Waals surface area contributed by atoms with Crippen molar-refractivity contribution in [1.82, 2.24) is 10.3 Å². The number of nitrogens with one attached hydrogen (secondary N) is 1. The van der Waals surface area contributed by atoms with Crippen LogP contribution < -0.4 is 10.1 Å². The Kier molecular flexibility index (Phi) is 2.99. The van der Waals surface area contributed by atoms with Gasteiger partial charge in [-0.2, -0.15) is 0 Å². The molecule has 90 valence electrons. The van der Waals surface area contributed by atoms with Crippen molar-refractivity contribution < 1.29 is 4.74 Å². The number of hydrogen-bond donors (Lipinski definition) is 1. The van der Waals surface area contributed by atoms with Gasteiger partial charge in [0.2, 0.25) is 0 Å². The molecule has 0 radical (unpaired) electrons. The Hall–Kier alpha value is -1.13. The van der Waals surface area contributed by atoms with E-state index in [9.17, 15) is 0 Å². The molecule has 2 aromatic rings. The van der Waals surface area contributed by atoms with Crippen LogP contribution in [-0.2, 0) is 0 Å². The zero-order chi connectivity index (χ0) is 11.7. The minimum atomic E-state index is 0.623. The maximum absolute atomic E-state index is 5.36. The van der Waals surface area contributed by atoms with Crippen molar-refractivity contribution in [2.45, 2.75) is 18.8 Å². The first kappa shape index (κ1) is 11.0. The molecule has 2 heterocycles. The molecule has 1 aliphatic rings. The molecule has 4 heteroatoms. The number of fused-ring (bicyclic) bond motifs is 1. The van der Waals surface area contributed by atoms with E-state index in [1.54, 1.807) is 7.11 Å². The summed E-state index contributed by atoms with van der Waals surface area (Å²) in [5, 5.41) is 4.66. The van der Waals surface area contributed by atoms with Crippen LogP contribution in [0.3, 0.4) is 0 Å². The monoisotopic (exact) mass is 248 g/mol. The predicted molar refractivity (Wildman–Crippen MR) is 71.0 cm³/mol. The highest BCUT2D eigenvalue weighted by Gasteiger charge is 2.19. The standard InChI is InChI=1S/C13H16N2OS/c1-16-10-3-2-4-11-12(10)15-13(17-11)9-5-7-14-8-6-9/h2-4,9,14H,5-8H2,1H3. The molecule has 17 heavy (non-hydrogen) atoms. The van der Waals surface area contributed by atoms with Crippen LogP contribution in [0.1, 0.15) is 23.8 Å². The minimum absolute atomic E-state index is 0.623. The largest absolute Gasteiger partial charge is 0.494 e. The summed E-state index contributed by atoms with van der Waals surface area (Å²) in [6.45, 7) is 2.22. The van der Waals surface area contributed by atoms with Crippen LogP contribution in [0, 0.1) is 0 Å². The summed E-state index contributed by atoms with van der Waals surface area (Å²) < 4.78 is 6.59. The normalized spacial score (nSPS) is 17.5. The summed E-state index contributed by atoms with van der Waals surface area (Å²) >= 11 is 1.81. The van der Waals surface area contributed by atoms with Crippen molar-refractivity contribution in [2.75, 3.05) is 20.2 Å². The molecule has 1 N–H and O–H groups in total. The van der Waals surface area contributed by atoms with Gasteiger partial charge in [0.15, 0.2) is 0 Å². The molecule has 0 atom stereocenters.